The molecule has 8 nitrogen and oxygen atoms in total. The van der Waals surface area contributed by atoms with Crippen LogP contribution in [-0.4, -0.2) is 45.1 Å². The van der Waals surface area contributed by atoms with Gasteiger partial charge in [-0.1, -0.05) is 6.07 Å². The zero-order chi connectivity index (χ0) is 25.2. The van der Waals surface area contributed by atoms with E-state index in [1.165, 1.54) is 30.5 Å². The lowest BCUT2D eigenvalue weighted by atomic mass is 10.0. The molecule has 4 aromatic rings. The Hall–Kier alpha value is -4.65. The lowest BCUT2D eigenvalue weighted by Gasteiger charge is -2.18. The lowest BCUT2D eigenvalue weighted by Crippen LogP contribution is -2.32. The van der Waals surface area contributed by atoms with Crippen molar-refractivity contribution in [3.8, 4) is 6.07 Å². The van der Waals surface area contributed by atoms with E-state index >= 15 is 0 Å². The molecule has 1 atom stereocenters. The number of aromatic amines is 1. The largest absolute Gasteiger partial charge is 0.365 e. The highest BCUT2D eigenvalue weighted by atomic mass is 19.1. The van der Waals surface area contributed by atoms with Crippen molar-refractivity contribution >= 4 is 22.5 Å². The molecule has 0 saturated carbocycles. The van der Waals surface area contributed by atoms with Gasteiger partial charge in [0.2, 0.25) is 0 Å². The molecular formula is C26H20F2N6O2. The van der Waals surface area contributed by atoms with Crippen molar-refractivity contribution in [3.05, 3.63) is 99.1 Å². The average molecular weight is 486 g/mol. The number of anilines is 1. The van der Waals surface area contributed by atoms with Gasteiger partial charge in [0.15, 0.2) is 0 Å². The Morgan fingerprint density at radius 1 is 1.17 bits per heavy atom. The molecule has 0 bridgehead atoms. The molecule has 1 aliphatic rings. The Kier molecular flexibility index (Phi) is 6.12. The van der Waals surface area contributed by atoms with E-state index in [-0.39, 0.29) is 23.4 Å². The minimum Gasteiger partial charge on any atom is -0.365 e. The predicted molar refractivity (Wildman–Crippen MR) is 128 cm³/mol. The lowest BCUT2D eigenvalue weighted by molar-refractivity contribution is 0.0787. The number of amides is 1. The normalized spacial score (nSPS) is 15.1. The first-order valence-electron chi connectivity index (χ1n) is 11.3. The van der Waals surface area contributed by atoms with E-state index in [0.717, 1.165) is 6.07 Å². The zero-order valence-corrected chi connectivity index (χ0v) is 19.0. The molecule has 1 amide bonds. The summed E-state index contributed by atoms with van der Waals surface area (Å²) in [6.45, 7) is 0.800. The summed E-state index contributed by atoms with van der Waals surface area (Å²) >= 11 is 0. The van der Waals surface area contributed by atoms with Crippen LogP contribution in [0, 0.1) is 23.0 Å². The van der Waals surface area contributed by atoms with Gasteiger partial charge in [0, 0.05) is 37.1 Å². The summed E-state index contributed by atoms with van der Waals surface area (Å²) < 4.78 is 28.3. The van der Waals surface area contributed by atoms with E-state index in [1.54, 1.807) is 23.1 Å². The highest BCUT2D eigenvalue weighted by molar-refractivity contribution is 5.95. The van der Waals surface area contributed by atoms with Gasteiger partial charge in [0.05, 0.1) is 28.3 Å². The summed E-state index contributed by atoms with van der Waals surface area (Å²) in [6, 6.07) is 13.4. The van der Waals surface area contributed by atoms with Gasteiger partial charge in [0.1, 0.15) is 17.5 Å². The van der Waals surface area contributed by atoms with E-state index in [1.807, 2.05) is 0 Å². The third-order valence-electron chi connectivity index (χ3n) is 6.18. The SMILES string of the molecule is N#Cc1ccnc(N[C@@H]2CCN(C(=O)c3cc(Cc4n[nH]c(=O)c5cc(F)ccc45)ccc3F)C2)c1. The van der Waals surface area contributed by atoms with Crippen LogP contribution in [-0.2, 0) is 6.42 Å². The monoisotopic (exact) mass is 486 g/mol. The van der Waals surface area contributed by atoms with Crippen LogP contribution in [0.3, 0.4) is 0 Å². The molecule has 0 radical (unpaired) electrons. The first kappa shape index (κ1) is 23.1. The van der Waals surface area contributed by atoms with Crippen LogP contribution in [0.25, 0.3) is 10.8 Å². The number of halogens is 2. The Balaban J connectivity index is 1.34. The Bertz CT molecular complexity index is 1580. The molecule has 3 heterocycles. The predicted octanol–water partition coefficient (Wildman–Crippen LogP) is 3.39. The fourth-order valence-corrected chi connectivity index (χ4v) is 4.39. The highest BCUT2D eigenvalue weighted by Gasteiger charge is 2.29. The minimum absolute atomic E-state index is 0.0578. The topological polar surface area (TPSA) is 115 Å². The molecule has 1 fully saturated rings. The van der Waals surface area contributed by atoms with Crippen molar-refractivity contribution in [1.29, 1.82) is 5.26 Å². The Morgan fingerprint density at radius 3 is 2.86 bits per heavy atom. The van der Waals surface area contributed by atoms with E-state index < -0.39 is 23.1 Å². The maximum absolute atomic E-state index is 14.7. The van der Waals surface area contributed by atoms with Gasteiger partial charge in [-0.2, -0.15) is 10.4 Å². The number of hydrogen-bond acceptors (Lipinski definition) is 6. The molecule has 1 aliphatic heterocycles. The summed E-state index contributed by atoms with van der Waals surface area (Å²) in [5.74, 6) is -1.06. The standard InChI is InChI=1S/C26H20F2N6O2/c27-17-2-3-19-20(12-17)25(35)33-32-23(19)10-15-1-4-22(28)21(9-15)26(36)34-8-6-18(14-34)31-24-11-16(13-29)5-7-30-24/h1-5,7,9,11-12,18H,6,8,10,14H2,(H,30,31)(H,33,35)/t18-/m1/s1. The van der Waals surface area contributed by atoms with Gasteiger partial charge in [0.25, 0.3) is 11.5 Å². The smallest absolute Gasteiger partial charge is 0.272 e. The molecular weight excluding hydrogens is 466 g/mol. The fraction of sp³-hybridized carbons (Fsp3) is 0.192. The molecule has 2 N–H and O–H groups in total. The number of rotatable bonds is 5. The number of nitrogens with one attached hydrogen (secondary N) is 2. The van der Waals surface area contributed by atoms with Crippen LogP contribution in [0.4, 0.5) is 14.6 Å². The number of likely N-dealkylation sites (tertiary alicyclic amines) is 1. The number of aromatic nitrogens is 3. The number of H-pyrrole nitrogens is 1. The first-order valence-corrected chi connectivity index (χ1v) is 11.3. The Morgan fingerprint density at radius 2 is 2.03 bits per heavy atom. The molecule has 36 heavy (non-hydrogen) atoms. The fourth-order valence-electron chi connectivity index (χ4n) is 4.39. The second-order valence-electron chi connectivity index (χ2n) is 8.60. The van der Waals surface area contributed by atoms with E-state index in [9.17, 15) is 18.4 Å². The highest BCUT2D eigenvalue weighted by Crippen LogP contribution is 2.22. The van der Waals surface area contributed by atoms with Crippen LogP contribution in [0.2, 0.25) is 0 Å². The average Bonchev–Trinajstić information content (AvgIpc) is 3.35. The summed E-state index contributed by atoms with van der Waals surface area (Å²) in [5.41, 5.74) is 1.02. The number of nitriles is 1. The van der Waals surface area contributed by atoms with Gasteiger partial charge in [-0.05, 0) is 54.4 Å². The second kappa shape index (κ2) is 9.54. The van der Waals surface area contributed by atoms with Gasteiger partial charge >= 0.3 is 0 Å². The molecule has 1 saturated heterocycles. The van der Waals surface area contributed by atoms with Crippen molar-refractivity contribution in [3.63, 3.8) is 0 Å². The van der Waals surface area contributed by atoms with Crippen LogP contribution >= 0.6 is 0 Å². The number of fused-ring (bicyclic) bond motifs is 1. The molecule has 2 aromatic heterocycles. The molecule has 5 rings (SSSR count). The molecule has 2 aromatic carbocycles. The molecule has 0 unspecified atom stereocenters. The zero-order valence-electron chi connectivity index (χ0n) is 19.0. The van der Waals surface area contributed by atoms with Crippen LogP contribution in [0.15, 0.2) is 59.5 Å². The number of hydrogen-bond donors (Lipinski definition) is 2. The maximum Gasteiger partial charge on any atom is 0.272 e. The first-order chi connectivity index (χ1) is 17.4. The summed E-state index contributed by atoms with van der Waals surface area (Å²) in [4.78, 5) is 31.0. The summed E-state index contributed by atoms with van der Waals surface area (Å²) in [6.07, 6.45) is 2.40. The minimum atomic E-state index is -0.634. The summed E-state index contributed by atoms with van der Waals surface area (Å²) in [5, 5.41) is 19.4. The molecule has 10 heteroatoms. The number of pyridine rings is 1. The van der Waals surface area contributed by atoms with Crippen molar-refractivity contribution in [2.75, 3.05) is 18.4 Å². The quantitative estimate of drug-likeness (QED) is 0.447. The summed E-state index contributed by atoms with van der Waals surface area (Å²) in [7, 11) is 0. The van der Waals surface area contributed by atoms with Crippen molar-refractivity contribution in [2.45, 2.75) is 18.9 Å². The van der Waals surface area contributed by atoms with Crippen LogP contribution in [0.5, 0.6) is 0 Å². The molecule has 0 spiro atoms. The van der Waals surface area contributed by atoms with Gasteiger partial charge < -0.3 is 10.2 Å². The number of nitrogens with zero attached hydrogens (tertiary/aromatic N) is 4. The maximum atomic E-state index is 14.7. The van der Waals surface area contributed by atoms with E-state index in [2.05, 4.69) is 26.6 Å². The second-order valence-corrected chi connectivity index (χ2v) is 8.60. The van der Waals surface area contributed by atoms with Gasteiger partial charge in [-0.15, -0.1) is 0 Å². The van der Waals surface area contributed by atoms with Gasteiger partial charge in [-0.3, -0.25) is 9.59 Å². The van der Waals surface area contributed by atoms with Crippen LogP contribution in [0.1, 0.15) is 33.6 Å². The molecule has 0 aliphatic carbocycles. The third kappa shape index (κ3) is 4.63. The number of carbonyl (C=O) groups excluding carboxylic acids is 1. The van der Waals surface area contributed by atoms with Gasteiger partial charge in [-0.25, -0.2) is 18.9 Å². The van der Waals surface area contributed by atoms with Crippen molar-refractivity contribution in [1.82, 2.24) is 20.1 Å². The van der Waals surface area contributed by atoms with Crippen LogP contribution < -0.4 is 10.9 Å². The van der Waals surface area contributed by atoms with E-state index in [0.29, 0.717) is 47.5 Å². The number of carbonyl (C=O) groups is 1. The van der Waals surface area contributed by atoms with Crippen molar-refractivity contribution in [2.24, 2.45) is 0 Å². The van der Waals surface area contributed by atoms with Crippen molar-refractivity contribution < 1.29 is 13.6 Å². The number of benzene rings is 2. The van der Waals surface area contributed by atoms with E-state index in [4.69, 9.17) is 5.26 Å². The molecule has 180 valence electrons. The third-order valence-corrected chi connectivity index (χ3v) is 6.18. The Labute approximate surface area is 204 Å².